The summed E-state index contributed by atoms with van der Waals surface area (Å²) in [7, 11) is 0. The van der Waals surface area contributed by atoms with Gasteiger partial charge in [-0.1, -0.05) is 5.21 Å². The van der Waals surface area contributed by atoms with Crippen LogP contribution >= 0.6 is 0 Å². The van der Waals surface area contributed by atoms with E-state index in [4.69, 9.17) is 5.11 Å². The number of carboxylic acids is 1. The number of phenolic OH excluding ortho intramolecular Hbond substituents is 1. The van der Waals surface area contributed by atoms with Gasteiger partial charge < -0.3 is 10.2 Å². The highest BCUT2D eigenvalue weighted by atomic mass is 16.4. The number of hydrogen-bond acceptors (Lipinski definition) is 4. The van der Waals surface area contributed by atoms with E-state index in [9.17, 15) is 9.90 Å². The lowest BCUT2D eigenvalue weighted by molar-refractivity contribution is -0.142. The number of phenols is 1. The van der Waals surface area contributed by atoms with Gasteiger partial charge in [0.25, 0.3) is 0 Å². The SMILES string of the molecule is O=C(O)C1CCc2c(nnn2-c2ccc(O)cc2)C1. The van der Waals surface area contributed by atoms with E-state index in [1.807, 2.05) is 0 Å². The van der Waals surface area contributed by atoms with Gasteiger partial charge in [0.15, 0.2) is 0 Å². The van der Waals surface area contributed by atoms with Gasteiger partial charge in [-0.2, -0.15) is 0 Å². The Balaban J connectivity index is 1.95. The highest BCUT2D eigenvalue weighted by Gasteiger charge is 2.28. The Kier molecular flexibility index (Phi) is 2.70. The molecular weight excluding hydrogens is 246 g/mol. The number of benzene rings is 1. The summed E-state index contributed by atoms with van der Waals surface area (Å²) in [5, 5.41) is 26.5. The Hall–Kier alpha value is -2.37. The quantitative estimate of drug-likeness (QED) is 0.845. The molecule has 3 rings (SSSR count). The lowest BCUT2D eigenvalue weighted by Gasteiger charge is -2.18. The number of aromatic hydroxyl groups is 1. The fourth-order valence-corrected chi connectivity index (χ4v) is 2.40. The van der Waals surface area contributed by atoms with Crippen LogP contribution in [0.3, 0.4) is 0 Å². The van der Waals surface area contributed by atoms with Crippen molar-refractivity contribution >= 4 is 5.97 Å². The number of hydrogen-bond donors (Lipinski definition) is 2. The maximum atomic E-state index is 11.0. The van der Waals surface area contributed by atoms with Crippen LogP contribution in [0, 0.1) is 5.92 Å². The van der Waals surface area contributed by atoms with Crippen LogP contribution in [0.1, 0.15) is 17.8 Å². The summed E-state index contributed by atoms with van der Waals surface area (Å²) in [6.07, 6.45) is 1.69. The van der Waals surface area contributed by atoms with E-state index < -0.39 is 5.97 Å². The second kappa shape index (κ2) is 4.38. The van der Waals surface area contributed by atoms with Crippen molar-refractivity contribution in [2.24, 2.45) is 5.92 Å². The second-order valence-electron chi connectivity index (χ2n) is 4.69. The monoisotopic (exact) mass is 259 g/mol. The van der Waals surface area contributed by atoms with Crippen LogP contribution in [0.15, 0.2) is 24.3 Å². The molecule has 0 saturated carbocycles. The Bertz CT molecular complexity index is 619. The lowest BCUT2D eigenvalue weighted by Crippen LogP contribution is -2.23. The molecular formula is C13H13N3O3. The zero-order valence-corrected chi connectivity index (χ0v) is 10.2. The average molecular weight is 259 g/mol. The third kappa shape index (κ3) is 2.05. The van der Waals surface area contributed by atoms with Crippen molar-refractivity contribution in [2.45, 2.75) is 19.3 Å². The number of aromatic nitrogens is 3. The zero-order chi connectivity index (χ0) is 13.4. The first kappa shape index (κ1) is 11.7. The molecule has 0 fully saturated rings. The largest absolute Gasteiger partial charge is 0.508 e. The van der Waals surface area contributed by atoms with Crippen LogP contribution in [0.4, 0.5) is 0 Å². The molecule has 1 unspecified atom stereocenters. The molecule has 2 aromatic rings. The predicted octanol–water partition coefficient (Wildman–Crippen LogP) is 1.16. The zero-order valence-electron chi connectivity index (χ0n) is 10.2. The van der Waals surface area contributed by atoms with E-state index in [0.29, 0.717) is 19.3 Å². The molecule has 1 atom stereocenters. The molecule has 2 N–H and O–H groups in total. The Morgan fingerprint density at radius 2 is 2.05 bits per heavy atom. The minimum atomic E-state index is -0.773. The molecule has 1 aromatic heterocycles. The standard InChI is InChI=1S/C13H13N3O3/c17-10-4-2-9(3-5-10)16-12-6-1-8(13(18)19)7-11(12)14-15-16/h2-5,8,17H,1,6-7H2,(H,18,19). The van der Waals surface area contributed by atoms with Crippen LogP contribution in [-0.4, -0.2) is 31.2 Å². The van der Waals surface area contributed by atoms with Gasteiger partial charge in [-0.15, -0.1) is 5.10 Å². The van der Waals surface area contributed by atoms with Gasteiger partial charge in [-0.3, -0.25) is 4.79 Å². The topological polar surface area (TPSA) is 88.2 Å². The number of carbonyl (C=O) groups is 1. The number of fused-ring (bicyclic) bond motifs is 1. The van der Waals surface area contributed by atoms with E-state index >= 15 is 0 Å². The summed E-state index contributed by atoms with van der Waals surface area (Å²) < 4.78 is 1.72. The number of carboxylic acid groups (broad SMARTS) is 1. The van der Waals surface area contributed by atoms with Crippen molar-refractivity contribution in [2.75, 3.05) is 0 Å². The van der Waals surface area contributed by atoms with E-state index in [1.54, 1.807) is 28.9 Å². The molecule has 19 heavy (non-hydrogen) atoms. The van der Waals surface area contributed by atoms with Gasteiger partial charge in [-0.05, 0) is 37.1 Å². The molecule has 0 aliphatic heterocycles. The van der Waals surface area contributed by atoms with Crippen LogP contribution < -0.4 is 0 Å². The van der Waals surface area contributed by atoms with Gasteiger partial charge in [-0.25, -0.2) is 4.68 Å². The van der Waals surface area contributed by atoms with Crippen molar-refractivity contribution < 1.29 is 15.0 Å². The molecule has 98 valence electrons. The van der Waals surface area contributed by atoms with Crippen molar-refractivity contribution in [3.8, 4) is 11.4 Å². The molecule has 0 spiro atoms. The minimum absolute atomic E-state index is 0.198. The summed E-state index contributed by atoms with van der Waals surface area (Å²) in [5.41, 5.74) is 2.54. The molecule has 6 nitrogen and oxygen atoms in total. The molecule has 6 heteroatoms. The van der Waals surface area contributed by atoms with E-state index in [2.05, 4.69) is 10.3 Å². The van der Waals surface area contributed by atoms with Gasteiger partial charge in [0, 0.05) is 6.42 Å². The highest BCUT2D eigenvalue weighted by Crippen LogP contribution is 2.26. The van der Waals surface area contributed by atoms with Crippen molar-refractivity contribution in [1.29, 1.82) is 0 Å². The third-order valence-corrected chi connectivity index (χ3v) is 3.46. The van der Waals surface area contributed by atoms with Gasteiger partial charge in [0.2, 0.25) is 0 Å². The van der Waals surface area contributed by atoms with E-state index in [0.717, 1.165) is 17.1 Å². The van der Waals surface area contributed by atoms with Crippen molar-refractivity contribution in [3.63, 3.8) is 0 Å². The van der Waals surface area contributed by atoms with Crippen LogP contribution in [0.2, 0.25) is 0 Å². The summed E-state index contributed by atoms with van der Waals surface area (Å²) in [5.74, 6) is -0.939. The van der Waals surface area contributed by atoms with Crippen LogP contribution in [-0.2, 0) is 17.6 Å². The summed E-state index contributed by atoms with van der Waals surface area (Å²) >= 11 is 0. The predicted molar refractivity (Wildman–Crippen MR) is 66.2 cm³/mol. The first-order valence-electron chi connectivity index (χ1n) is 6.11. The highest BCUT2D eigenvalue weighted by molar-refractivity contribution is 5.70. The minimum Gasteiger partial charge on any atom is -0.508 e. The smallest absolute Gasteiger partial charge is 0.306 e. The maximum Gasteiger partial charge on any atom is 0.306 e. The Morgan fingerprint density at radius 1 is 1.32 bits per heavy atom. The fraction of sp³-hybridized carbons (Fsp3) is 0.308. The first-order chi connectivity index (χ1) is 9.15. The average Bonchev–Trinajstić information content (AvgIpc) is 2.82. The number of rotatable bonds is 2. The molecule has 1 aromatic carbocycles. The van der Waals surface area contributed by atoms with Gasteiger partial charge in [0.1, 0.15) is 5.75 Å². The van der Waals surface area contributed by atoms with Crippen molar-refractivity contribution in [3.05, 3.63) is 35.7 Å². The molecule has 0 bridgehead atoms. The molecule has 1 heterocycles. The lowest BCUT2D eigenvalue weighted by atomic mass is 9.90. The normalized spacial score (nSPS) is 18.0. The fourth-order valence-electron chi connectivity index (χ4n) is 2.40. The Labute approximate surface area is 109 Å². The number of aliphatic carboxylic acids is 1. The second-order valence-corrected chi connectivity index (χ2v) is 4.69. The van der Waals surface area contributed by atoms with Crippen LogP contribution in [0.5, 0.6) is 5.75 Å². The van der Waals surface area contributed by atoms with Crippen LogP contribution in [0.25, 0.3) is 5.69 Å². The Morgan fingerprint density at radius 3 is 2.74 bits per heavy atom. The van der Waals surface area contributed by atoms with E-state index in [-0.39, 0.29) is 11.7 Å². The summed E-state index contributed by atoms with van der Waals surface area (Å²) in [6, 6.07) is 6.69. The number of nitrogens with zero attached hydrogens (tertiary/aromatic N) is 3. The summed E-state index contributed by atoms with van der Waals surface area (Å²) in [6.45, 7) is 0. The van der Waals surface area contributed by atoms with E-state index in [1.165, 1.54) is 0 Å². The molecule has 1 aliphatic rings. The molecule has 0 radical (unpaired) electrons. The van der Waals surface area contributed by atoms with Gasteiger partial charge >= 0.3 is 5.97 Å². The van der Waals surface area contributed by atoms with Crippen molar-refractivity contribution in [1.82, 2.24) is 15.0 Å². The molecule has 0 saturated heterocycles. The summed E-state index contributed by atoms with van der Waals surface area (Å²) in [4.78, 5) is 11.0. The third-order valence-electron chi connectivity index (χ3n) is 3.46. The maximum absolute atomic E-state index is 11.0. The first-order valence-corrected chi connectivity index (χ1v) is 6.11. The molecule has 0 amide bonds. The molecule has 1 aliphatic carbocycles. The van der Waals surface area contributed by atoms with Gasteiger partial charge in [0.05, 0.1) is 23.0 Å².